The van der Waals surface area contributed by atoms with Crippen LogP contribution in [0.2, 0.25) is 0 Å². The van der Waals surface area contributed by atoms with Crippen molar-refractivity contribution in [2.45, 2.75) is 31.6 Å². The van der Waals surface area contributed by atoms with Gasteiger partial charge in [0.15, 0.2) is 5.78 Å². The maximum absolute atomic E-state index is 12.6. The van der Waals surface area contributed by atoms with Gasteiger partial charge in [-0.3, -0.25) is 9.59 Å². The number of carbonyl (C=O) groups is 2. The molecular weight excluding hydrogens is 290 g/mol. The Kier molecular flexibility index (Phi) is 4.58. The van der Waals surface area contributed by atoms with Gasteiger partial charge in [-0.05, 0) is 25.5 Å². The topological polar surface area (TPSA) is 71.5 Å². The minimum Gasteiger partial charge on any atom is -0.299 e. The normalized spacial score (nSPS) is 20.5. The number of nitrogens with zero attached hydrogens (tertiary/aromatic N) is 1. The summed E-state index contributed by atoms with van der Waals surface area (Å²) in [6.07, 6.45) is 0.914. The number of hydrogen-bond donors (Lipinski definition) is 0. The minimum absolute atomic E-state index is 0.103. The molecule has 1 saturated heterocycles. The average molecular weight is 309 g/mol. The first-order valence-electron chi connectivity index (χ1n) is 7.00. The molecule has 1 aromatic rings. The van der Waals surface area contributed by atoms with E-state index in [2.05, 4.69) is 0 Å². The van der Waals surface area contributed by atoms with Crippen LogP contribution < -0.4 is 0 Å². The Labute approximate surface area is 125 Å². The molecule has 0 radical (unpaired) electrons. The van der Waals surface area contributed by atoms with Gasteiger partial charge in [-0.25, -0.2) is 8.42 Å². The average Bonchev–Trinajstić information content (AvgIpc) is 2.47. The smallest absolute Gasteiger partial charge is 0.243 e. The van der Waals surface area contributed by atoms with Crippen LogP contribution in [0.3, 0.4) is 0 Å². The van der Waals surface area contributed by atoms with Gasteiger partial charge in [0.1, 0.15) is 5.78 Å². The molecular formula is C15H19NO4S. The summed E-state index contributed by atoms with van der Waals surface area (Å²) in [5.74, 6) is -0.186. The number of hydrogen-bond acceptors (Lipinski definition) is 4. The fourth-order valence-electron chi connectivity index (χ4n) is 2.46. The Hall–Kier alpha value is -1.53. The van der Waals surface area contributed by atoms with Crippen LogP contribution in [0.4, 0.5) is 0 Å². The van der Waals surface area contributed by atoms with Crippen molar-refractivity contribution in [1.82, 2.24) is 4.31 Å². The molecule has 5 nitrogen and oxygen atoms in total. The second kappa shape index (κ2) is 6.07. The molecule has 1 heterocycles. The summed E-state index contributed by atoms with van der Waals surface area (Å²) in [6, 6.07) is 5.93. The van der Waals surface area contributed by atoms with E-state index in [0.717, 1.165) is 0 Å². The quantitative estimate of drug-likeness (QED) is 0.796. The monoisotopic (exact) mass is 309 g/mol. The molecule has 1 aliphatic heterocycles. The van der Waals surface area contributed by atoms with Crippen LogP contribution in [0, 0.1) is 5.92 Å². The van der Waals surface area contributed by atoms with E-state index in [1.165, 1.54) is 35.5 Å². The maximum atomic E-state index is 12.6. The lowest BCUT2D eigenvalue weighted by Gasteiger charge is -2.30. The number of rotatable bonds is 4. The first kappa shape index (κ1) is 15.9. The molecule has 1 fully saturated rings. The third-order valence-electron chi connectivity index (χ3n) is 3.88. The molecule has 0 spiro atoms. The second-order valence-corrected chi connectivity index (χ2v) is 7.20. The van der Waals surface area contributed by atoms with E-state index < -0.39 is 10.0 Å². The highest BCUT2D eigenvalue weighted by Crippen LogP contribution is 2.23. The standard InChI is InChI=1S/C15H19NO4S/c1-3-12-10-16(9-8-15(12)18)21(19,20)14-6-4-13(5-7-14)11(2)17/h4-7,12H,3,8-10H2,1-2H3. The van der Waals surface area contributed by atoms with E-state index >= 15 is 0 Å². The third-order valence-corrected chi connectivity index (χ3v) is 5.76. The zero-order valence-electron chi connectivity index (χ0n) is 12.2. The van der Waals surface area contributed by atoms with Crippen molar-refractivity contribution in [3.63, 3.8) is 0 Å². The number of Topliss-reactive ketones (excluding diaryl/α,β-unsaturated/α-hetero) is 2. The lowest BCUT2D eigenvalue weighted by atomic mass is 9.96. The van der Waals surface area contributed by atoms with Crippen LogP contribution in [0.15, 0.2) is 29.2 Å². The minimum atomic E-state index is -3.60. The Balaban J connectivity index is 2.25. The van der Waals surface area contributed by atoms with Crippen LogP contribution in [0.1, 0.15) is 37.0 Å². The van der Waals surface area contributed by atoms with Gasteiger partial charge in [0, 0.05) is 31.0 Å². The van der Waals surface area contributed by atoms with Crippen LogP contribution in [-0.4, -0.2) is 37.4 Å². The van der Waals surface area contributed by atoms with Gasteiger partial charge in [0.25, 0.3) is 0 Å². The molecule has 0 amide bonds. The molecule has 1 aliphatic rings. The van der Waals surface area contributed by atoms with Crippen LogP contribution in [0.25, 0.3) is 0 Å². The van der Waals surface area contributed by atoms with Gasteiger partial charge >= 0.3 is 0 Å². The lowest BCUT2D eigenvalue weighted by molar-refractivity contribution is -0.125. The Morgan fingerprint density at radius 3 is 2.43 bits per heavy atom. The molecule has 6 heteroatoms. The molecule has 2 rings (SSSR count). The predicted octanol–water partition coefficient (Wildman–Crippen LogP) is 1.88. The summed E-state index contributed by atoms with van der Waals surface area (Å²) in [7, 11) is -3.60. The summed E-state index contributed by atoms with van der Waals surface area (Å²) < 4.78 is 26.5. The van der Waals surface area contributed by atoms with Crippen molar-refractivity contribution in [2.75, 3.05) is 13.1 Å². The van der Waals surface area contributed by atoms with E-state index in [1.807, 2.05) is 6.92 Å². The van der Waals surface area contributed by atoms with Gasteiger partial charge in [-0.2, -0.15) is 4.31 Å². The Bertz CT molecular complexity index is 649. The van der Waals surface area contributed by atoms with Crippen molar-refractivity contribution in [1.29, 1.82) is 0 Å². The summed E-state index contributed by atoms with van der Waals surface area (Å²) in [6.45, 7) is 3.80. The van der Waals surface area contributed by atoms with Crippen molar-refractivity contribution >= 4 is 21.6 Å². The van der Waals surface area contributed by atoms with E-state index in [1.54, 1.807) is 0 Å². The SMILES string of the molecule is CCC1CN(S(=O)(=O)c2ccc(C(C)=O)cc2)CCC1=O. The van der Waals surface area contributed by atoms with Gasteiger partial charge in [-0.1, -0.05) is 19.1 Å². The number of sulfonamides is 1. The molecule has 0 aliphatic carbocycles. The summed E-state index contributed by atoms with van der Waals surface area (Å²) in [4.78, 5) is 23.1. The molecule has 21 heavy (non-hydrogen) atoms. The van der Waals surface area contributed by atoms with E-state index in [0.29, 0.717) is 12.0 Å². The largest absolute Gasteiger partial charge is 0.299 e. The highest BCUT2D eigenvalue weighted by molar-refractivity contribution is 7.89. The molecule has 1 atom stereocenters. The maximum Gasteiger partial charge on any atom is 0.243 e. The van der Waals surface area contributed by atoms with Crippen LogP contribution in [0.5, 0.6) is 0 Å². The number of benzene rings is 1. The molecule has 1 unspecified atom stereocenters. The number of piperidine rings is 1. The second-order valence-electron chi connectivity index (χ2n) is 5.27. The first-order chi connectivity index (χ1) is 9.86. The highest BCUT2D eigenvalue weighted by atomic mass is 32.2. The fraction of sp³-hybridized carbons (Fsp3) is 0.467. The zero-order valence-corrected chi connectivity index (χ0v) is 13.0. The van der Waals surface area contributed by atoms with Crippen molar-refractivity contribution in [2.24, 2.45) is 5.92 Å². The van der Waals surface area contributed by atoms with Gasteiger partial charge in [0.05, 0.1) is 4.90 Å². The molecule has 0 saturated carbocycles. The van der Waals surface area contributed by atoms with Crippen LogP contribution in [-0.2, 0) is 14.8 Å². The predicted molar refractivity (Wildman–Crippen MR) is 78.6 cm³/mol. The fourth-order valence-corrected chi connectivity index (χ4v) is 3.95. The summed E-state index contributed by atoms with van der Waals surface area (Å²) in [5.41, 5.74) is 0.481. The van der Waals surface area contributed by atoms with Gasteiger partial charge in [-0.15, -0.1) is 0 Å². The molecule has 0 bridgehead atoms. The van der Waals surface area contributed by atoms with E-state index in [4.69, 9.17) is 0 Å². The van der Waals surface area contributed by atoms with E-state index in [9.17, 15) is 18.0 Å². The van der Waals surface area contributed by atoms with Crippen LogP contribution >= 0.6 is 0 Å². The molecule has 0 N–H and O–H groups in total. The molecule has 114 valence electrons. The van der Waals surface area contributed by atoms with Crippen molar-refractivity contribution in [3.05, 3.63) is 29.8 Å². The summed E-state index contributed by atoms with van der Waals surface area (Å²) in [5, 5.41) is 0. The first-order valence-corrected chi connectivity index (χ1v) is 8.44. The lowest BCUT2D eigenvalue weighted by Crippen LogP contribution is -2.43. The molecule has 0 aromatic heterocycles. The van der Waals surface area contributed by atoms with Gasteiger partial charge in [0.2, 0.25) is 10.0 Å². The summed E-state index contributed by atoms with van der Waals surface area (Å²) >= 11 is 0. The Morgan fingerprint density at radius 1 is 1.29 bits per heavy atom. The number of ketones is 2. The molecule has 1 aromatic carbocycles. The van der Waals surface area contributed by atoms with E-state index in [-0.39, 0.29) is 41.9 Å². The zero-order chi connectivity index (χ0) is 15.6. The Morgan fingerprint density at radius 2 is 1.90 bits per heavy atom. The highest BCUT2D eigenvalue weighted by Gasteiger charge is 2.33. The van der Waals surface area contributed by atoms with Crippen molar-refractivity contribution in [3.8, 4) is 0 Å². The van der Waals surface area contributed by atoms with Crippen molar-refractivity contribution < 1.29 is 18.0 Å². The number of carbonyl (C=O) groups excluding carboxylic acids is 2. The third kappa shape index (κ3) is 3.22. The van der Waals surface area contributed by atoms with Gasteiger partial charge < -0.3 is 0 Å².